The summed E-state index contributed by atoms with van der Waals surface area (Å²) in [6.45, 7) is 0.228. The van der Waals surface area contributed by atoms with E-state index in [0.29, 0.717) is 14.4 Å². The summed E-state index contributed by atoms with van der Waals surface area (Å²) in [5.74, 6) is -0.664. The minimum atomic E-state index is -0.480. The maximum atomic E-state index is 14.6. The van der Waals surface area contributed by atoms with Gasteiger partial charge in [0.1, 0.15) is 21.7 Å². The summed E-state index contributed by atoms with van der Waals surface area (Å²) in [5, 5.41) is 0.840. The number of rotatable bonds is 7. The van der Waals surface area contributed by atoms with Crippen molar-refractivity contribution in [3.8, 4) is 5.75 Å². The Morgan fingerprint density at radius 2 is 2.00 bits per heavy atom. The molecule has 4 rings (SSSR count). The lowest BCUT2D eigenvalue weighted by molar-refractivity contribution is 0.252. The minimum absolute atomic E-state index is 0.126. The number of nitrogens with two attached hydrogens (primary N) is 1. The fourth-order valence-corrected chi connectivity index (χ4v) is 5.30. The van der Waals surface area contributed by atoms with Gasteiger partial charge in [0, 0.05) is 18.0 Å². The quantitative estimate of drug-likeness (QED) is 0.331. The summed E-state index contributed by atoms with van der Waals surface area (Å²) in [6, 6.07) is 8.93. The monoisotopic (exact) mass is 513 g/mol. The van der Waals surface area contributed by atoms with E-state index in [2.05, 4.69) is 15.8 Å². The van der Waals surface area contributed by atoms with Gasteiger partial charge in [0.25, 0.3) is 0 Å². The van der Waals surface area contributed by atoms with Gasteiger partial charge in [-0.15, -0.1) is 0 Å². The van der Waals surface area contributed by atoms with Gasteiger partial charge in [0.05, 0.1) is 22.7 Å². The van der Waals surface area contributed by atoms with Crippen LogP contribution in [-0.4, -0.2) is 17.6 Å². The van der Waals surface area contributed by atoms with Gasteiger partial charge in [-0.25, -0.2) is 13.8 Å². The molecule has 2 aromatic carbocycles. The molecular formula is C22H19Cl2F2N3OS2. The predicted octanol–water partition coefficient (Wildman–Crippen LogP) is 7.05. The van der Waals surface area contributed by atoms with Crippen LogP contribution in [-0.2, 0) is 0 Å². The van der Waals surface area contributed by atoms with Crippen LogP contribution in [0.1, 0.15) is 18.4 Å². The molecular weight excluding hydrogens is 495 g/mol. The van der Waals surface area contributed by atoms with E-state index in [-0.39, 0.29) is 35.2 Å². The zero-order chi connectivity index (χ0) is 22.7. The second-order valence-corrected chi connectivity index (χ2v) is 10.1. The molecule has 32 heavy (non-hydrogen) atoms. The molecule has 2 atom stereocenters. The molecule has 0 aliphatic heterocycles. The summed E-state index contributed by atoms with van der Waals surface area (Å²) in [6.07, 6.45) is 5.26. The van der Waals surface area contributed by atoms with Gasteiger partial charge in [-0.1, -0.05) is 52.7 Å². The number of aromatic nitrogens is 1. The van der Waals surface area contributed by atoms with Crippen molar-refractivity contribution >= 4 is 57.2 Å². The van der Waals surface area contributed by atoms with Crippen molar-refractivity contribution in [1.82, 2.24) is 4.98 Å². The third-order valence-corrected chi connectivity index (χ3v) is 7.37. The van der Waals surface area contributed by atoms with E-state index >= 15 is 0 Å². The highest BCUT2D eigenvalue weighted by Gasteiger charge is 2.27. The SMILES string of the molecule is NC1CCC=C(c2ccc(F)cc2)C1COc1cc(F)c(SNc2ncc(Cl)s2)cc1Cl. The van der Waals surface area contributed by atoms with Crippen LogP contribution in [0.2, 0.25) is 9.36 Å². The number of hydrogen-bond acceptors (Lipinski definition) is 6. The molecule has 1 aliphatic rings. The Morgan fingerprint density at radius 1 is 1.22 bits per heavy atom. The molecule has 2 unspecified atom stereocenters. The lowest BCUT2D eigenvalue weighted by Crippen LogP contribution is -2.36. The Bertz CT molecular complexity index is 1120. The molecule has 0 fully saturated rings. The fourth-order valence-electron chi connectivity index (χ4n) is 3.48. The molecule has 4 nitrogen and oxygen atoms in total. The number of halogens is 4. The number of anilines is 1. The molecule has 1 aromatic heterocycles. The van der Waals surface area contributed by atoms with E-state index in [1.54, 1.807) is 12.1 Å². The van der Waals surface area contributed by atoms with Crippen LogP contribution in [0.4, 0.5) is 13.9 Å². The number of thiazole rings is 1. The van der Waals surface area contributed by atoms with Crippen molar-refractivity contribution in [2.45, 2.75) is 23.8 Å². The van der Waals surface area contributed by atoms with Gasteiger partial charge in [0.15, 0.2) is 5.13 Å². The van der Waals surface area contributed by atoms with Gasteiger partial charge in [-0.05, 0) is 54.1 Å². The number of hydrogen-bond donors (Lipinski definition) is 2. The molecule has 0 spiro atoms. The van der Waals surface area contributed by atoms with E-state index in [1.165, 1.54) is 41.8 Å². The minimum Gasteiger partial charge on any atom is -0.491 e. The van der Waals surface area contributed by atoms with Crippen molar-refractivity contribution in [3.63, 3.8) is 0 Å². The first-order valence-corrected chi connectivity index (χ1v) is 12.2. The summed E-state index contributed by atoms with van der Waals surface area (Å²) in [5.41, 5.74) is 8.26. The van der Waals surface area contributed by atoms with Crippen LogP contribution < -0.4 is 15.2 Å². The highest BCUT2D eigenvalue weighted by molar-refractivity contribution is 8.00. The van der Waals surface area contributed by atoms with Crippen molar-refractivity contribution in [1.29, 1.82) is 0 Å². The number of allylic oxidation sites excluding steroid dienone is 1. The molecule has 168 valence electrons. The standard InChI is InChI=1S/C22H19Cl2F2N3OS2/c23-16-8-20(32-29-22-28-10-21(24)31-22)17(26)9-19(16)30-11-15-14(2-1-3-18(15)27)12-4-6-13(25)7-5-12/h2,4-10,15,18H,1,3,11,27H2,(H,28,29). The Hall–Kier alpha value is -1.84. The first-order chi connectivity index (χ1) is 15.4. The van der Waals surface area contributed by atoms with Gasteiger partial charge in [-0.3, -0.25) is 0 Å². The van der Waals surface area contributed by atoms with E-state index in [4.69, 9.17) is 33.7 Å². The Morgan fingerprint density at radius 3 is 2.72 bits per heavy atom. The third-order valence-electron chi connectivity index (χ3n) is 5.09. The highest BCUT2D eigenvalue weighted by atomic mass is 35.5. The van der Waals surface area contributed by atoms with Crippen molar-refractivity contribution in [2.75, 3.05) is 11.3 Å². The number of ether oxygens (including phenoxy) is 1. The molecule has 0 saturated carbocycles. The van der Waals surface area contributed by atoms with Gasteiger partial charge >= 0.3 is 0 Å². The second-order valence-electron chi connectivity index (χ2n) is 7.21. The molecule has 0 amide bonds. The largest absolute Gasteiger partial charge is 0.491 e. The zero-order valence-electron chi connectivity index (χ0n) is 16.7. The zero-order valence-corrected chi connectivity index (χ0v) is 19.8. The summed E-state index contributed by atoms with van der Waals surface area (Å²) in [7, 11) is 0. The molecule has 1 aliphatic carbocycles. The van der Waals surface area contributed by atoms with Gasteiger partial charge in [0.2, 0.25) is 0 Å². The molecule has 0 saturated heterocycles. The molecule has 1 heterocycles. The highest BCUT2D eigenvalue weighted by Crippen LogP contribution is 2.37. The second kappa shape index (κ2) is 10.4. The van der Waals surface area contributed by atoms with E-state index in [9.17, 15) is 8.78 Å². The molecule has 3 aromatic rings. The Labute approximate surface area is 202 Å². The average Bonchev–Trinajstić information content (AvgIpc) is 3.19. The topological polar surface area (TPSA) is 60.2 Å². The third kappa shape index (κ3) is 5.55. The van der Waals surface area contributed by atoms with Crippen LogP contribution in [0.5, 0.6) is 5.75 Å². The van der Waals surface area contributed by atoms with E-state index in [1.807, 2.05) is 0 Å². The number of benzene rings is 2. The summed E-state index contributed by atoms with van der Waals surface area (Å²) in [4.78, 5) is 4.36. The first-order valence-electron chi connectivity index (χ1n) is 9.78. The first kappa shape index (κ1) is 23.3. The number of nitrogens with one attached hydrogen (secondary N) is 1. The Balaban J connectivity index is 1.46. The Kier molecular flexibility index (Phi) is 7.58. The molecule has 3 N–H and O–H groups in total. The van der Waals surface area contributed by atoms with Gasteiger partial charge in [-0.2, -0.15) is 0 Å². The smallest absolute Gasteiger partial charge is 0.194 e. The van der Waals surface area contributed by atoms with Crippen LogP contribution in [0, 0.1) is 17.6 Å². The maximum Gasteiger partial charge on any atom is 0.194 e. The van der Waals surface area contributed by atoms with Crippen LogP contribution in [0.25, 0.3) is 5.57 Å². The normalized spacial score (nSPS) is 18.3. The van der Waals surface area contributed by atoms with Crippen LogP contribution >= 0.6 is 46.5 Å². The van der Waals surface area contributed by atoms with E-state index in [0.717, 1.165) is 35.9 Å². The lowest BCUT2D eigenvalue weighted by Gasteiger charge is -2.30. The maximum absolute atomic E-state index is 14.6. The van der Waals surface area contributed by atoms with Crippen molar-refractivity contribution < 1.29 is 13.5 Å². The molecule has 0 bridgehead atoms. The van der Waals surface area contributed by atoms with Gasteiger partial charge < -0.3 is 15.2 Å². The van der Waals surface area contributed by atoms with Crippen molar-refractivity contribution in [3.05, 3.63) is 75.2 Å². The molecule has 0 radical (unpaired) electrons. The lowest BCUT2D eigenvalue weighted by atomic mass is 9.81. The summed E-state index contributed by atoms with van der Waals surface area (Å²) < 4.78 is 37.3. The van der Waals surface area contributed by atoms with Crippen LogP contribution in [0.3, 0.4) is 0 Å². The van der Waals surface area contributed by atoms with Crippen molar-refractivity contribution in [2.24, 2.45) is 11.7 Å². The summed E-state index contributed by atoms with van der Waals surface area (Å²) >= 11 is 14.5. The average molecular weight is 514 g/mol. The van der Waals surface area contributed by atoms with E-state index < -0.39 is 5.82 Å². The molecule has 10 heteroatoms. The predicted molar refractivity (Wildman–Crippen MR) is 129 cm³/mol. The van der Waals surface area contributed by atoms with Crippen LogP contribution in [0.15, 0.2) is 53.6 Å². The number of nitrogens with zero attached hydrogens (tertiary/aromatic N) is 1. The fraction of sp³-hybridized carbons (Fsp3) is 0.227.